The number of hydrogen-bond acceptors (Lipinski definition) is 2. The Balaban J connectivity index is 1.75. The van der Waals surface area contributed by atoms with Gasteiger partial charge in [-0.2, -0.15) is 0 Å². The van der Waals surface area contributed by atoms with E-state index >= 15 is 0 Å². The van der Waals surface area contributed by atoms with Crippen LogP contribution in [0.3, 0.4) is 0 Å². The zero-order chi connectivity index (χ0) is 15.1. The minimum atomic E-state index is -0.116. The average Bonchev–Trinajstić information content (AvgIpc) is 2.75. The Morgan fingerprint density at radius 3 is 2.57 bits per heavy atom. The summed E-state index contributed by atoms with van der Waals surface area (Å²) >= 11 is 0. The van der Waals surface area contributed by atoms with Crippen LogP contribution in [0.25, 0.3) is 0 Å². The summed E-state index contributed by atoms with van der Waals surface area (Å²) in [4.78, 5) is 2.20. The SMILES string of the molecule is [CH2]Cc1cccc(F)c1N1CCC2(CC1)COC(C)(C)C2. The third-order valence-corrected chi connectivity index (χ3v) is 5.05. The molecule has 1 radical (unpaired) electrons. The Labute approximate surface area is 127 Å². The first-order valence-electron chi connectivity index (χ1n) is 7.90. The lowest BCUT2D eigenvalue weighted by atomic mass is 9.74. The van der Waals surface area contributed by atoms with Crippen molar-refractivity contribution in [2.75, 3.05) is 24.6 Å². The van der Waals surface area contributed by atoms with E-state index in [0.29, 0.717) is 11.8 Å². The molecule has 2 saturated heterocycles. The zero-order valence-corrected chi connectivity index (χ0v) is 13.1. The fourth-order valence-electron chi connectivity index (χ4n) is 4.00. The van der Waals surface area contributed by atoms with Gasteiger partial charge in [0.1, 0.15) is 5.82 Å². The van der Waals surface area contributed by atoms with Crippen molar-refractivity contribution in [1.82, 2.24) is 0 Å². The molecular weight excluding hydrogens is 265 g/mol. The molecule has 0 bridgehead atoms. The van der Waals surface area contributed by atoms with E-state index in [9.17, 15) is 4.39 Å². The van der Waals surface area contributed by atoms with E-state index < -0.39 is 0 Å². The number of nitrogens with zero attached hydrogens (tertiary/aromatic N) is 1. The van der Waals surface area contributed by atoms with Crippen LogP contribution in [0.5, 0.6) is 0 Å². The Morgan fingerprint density at radius 2 is 2.00 bits per heavy atom. The van der Waals surface area contributed by atoms with Gasteiger partial charge < -0.3 is 9.64 Å². The number of halogens is 1. The summed E-state index contributed by atoms with van der Waals surface area (Å²) < 4.78 is 20.2. The van der Waals surface area contributed by atoms with E-state index in [2.05, 4.69) is 25.7 Å². The van der Waals surface area contributed by atoms with Gasteiger partial charge >= 0.3 is 0 Å². The van der Waals surface area contributed by atoms with E-state index in [-0.39, 0.29) is 11.4 Å². The Kier molecular flexibility index (Phi) is 3.73. The van der Waals surface area contributed by atoms with Gasteiger partial charge in [0.05, 0.1) is 17.9 Å². The Morgan fingerprint density at radius 1 is 1.29 bits per heavy atom. The molecule has 21 heavy (non-hydrogen) atoms. The number of piperidine rings is 1. The molecule has 0 amide bonds. The second kappa shape index (κ2) is 5.28. The molecule has 115 valence electrons. The highest BCUT2D eigenvalue weighted by atomic mass is 19.1. The summed E-state index contributed by atoms with van der Waals surface area (Å²) in [5.41, 5.74) is 2.07. The van der Waals surface area contributed by atoms with Crippen molar-refractivity contribution < 1.29 is 9.13 Å². The van der Waals surface area contributed by atoms with Gasteiger partial charge in [-0.1, -0.05) is 12.1 Å². The zero-order valence-electron chi connectivity index (χ0n) is 13.1. The molecule has 2 nitrogen and oxygen atoms in total. The molecule has 3 rings (SSSR count). The molecule has 0 atom stereocenters. The topological polar surface area (TPSA) is 12.5 Å². The van der Waals surface area contributed by atoms with Crippen molar-refractivity contribution in [1.29, 1.82) is 0 Å². The molecule has 2 aliphatic rings. The van der Waals surface area contributed by atoms with Crippen molar-refractivity contribution >= 4 is 5.69 Å². The van der Waals surface area contributed by atoms with Gasteiger partial charge in [-0.3, -0.25) is 0 Å². The van der Waals surface area contributed by atoms with E-state index in [1.807, 2.05) is 6.07 Å². The lowest BCUT2D eigenvalue weighted by molar-refractivity contribution is 0.0295. The molecule has 2 fully saturated rings. The lowest BCUT2D eigenvalue weighted by Crippen LogP contribution is -2.41. The van der Waals surface area contributed by atoms with Gasteiger partial charge in [-0.15, -0.1) is 0 Å². The average molecular weight is 290 g/mol. The van der Waals surface area contributed by atoms with Gasteiger partial charge in [0.15, 0.2) is 0 Å². The fourth-order valence-corrected chi connectivity index (χ4v) is 4.00. The lowest BCUT2D eigenvalue weighted by Gasteiger charge is -2.40. The predicted octanol–water partition coefficient (Wildman–Crippen LogP) is 3.99. The summed E-state index contributed by atoms with van der Waals surface area (Å²) in [6, 6.07) is 5.32. The van der Waals surface area contributed by atoms with Gasteiger partial charge in [-0.25, -0.2) is 4.39 Å². The molecule has 0 unspecified atom stereocenters. The quantitative estimate of drug-likeness (QED) is 0.816. The van der Waals surface area contributed by atoms with Crippen LogP contribution in [-0.2, 0) is 11.2 Å². The molecule has 3 heteroatoms. The van der Waals surface area contributed by atoms with Crippen molar-refractivity contribution in [2.24, 2.45) is 5.41 Å². The third kappa shape index (κ3) is 2.80. The normalized spacial score (nSPS) is 23.7. The molecule has 2 aliphatic heterocycles. The predicted molar refractivity (Wildman–Crippen MR) is 84.0 cm³/mol. The number of benzene rings is 1. The van der Waals surface area contributed by atoms with Crippen LogP contribution in [0.2, 0.25) is 0 Å². The first-order valence-corrected chi connectivity index (χ1v) is 7.90. The van der Waals surface area contributed by atoms with Gasteiger partial charge in [0.2, 0.25) is 0 Å². The van der Waals surface area contributed by atoms with Crippen LogP contribution in [0.1, 0.15) is 38.7 Å². The van der Waals surface area contributed by atoms with E-state index in [4.69, 9.17) is 4.74 Å². The maximum absolute atomic E-state index is 14.2. The molecule has 0 saturated carbocycles. The standard InChI is InChI=1S/C18H25FNO/c1-4-14-6-5-7-15(19)16(14)20-10-8-18(9-11-20)12-17(2,3)21-13-18/h5-7H,1,4,8-13H2,2-3H3. The van der Waals surface area contributed by atoms with Crippen LogP contribution in [0.15, 0.2) is 18.2 Å². The van der Waals surface area contributed by atoms with Crippen molar-refractivity contribution in [3.8, 4) is 0 Å². The van der Waals surface area contributed by atoms with Gasteiger partial charge in [-0.05, 0) is 63.5 Å². The van der Waals surface area contributed by atoms with Crippen LogP contribution >= 0.6 is 0 Å². The molecule has 0 aromatic heterocycles. The second-order valence-electron chi connectivity index (χ2n) is 7.21. The molecule has 0 aliphatic carbocycles. The first-order chi connectivity index (χ1) is 9.95. The summed E-state index contributed by atoms with van der Waals surface area (Å²) in [6.07, 6.45) is 3.92. The van der Waals surface area contributed by atoms with E-state index in [0.717, 1.165) is 50.2 Å². The van der Waals surface area contributed by atoms with E-state index in [1.54, 1.807) is 12.1 Å². The number of rotatable bonds is 2. The maximum Gasteiger partial charge on any atom is 0.146 e. The number of ether oxygens (including phenoxy) is 1. The molecular formula is C18H25FNO. The largest absolute Gasteiger partial charge is 0.375 e. The summed E-state index contributed by atoms with van der Waals surface area (Å²) in [5.74, 6) is -0.116. The molecule has 1 aromatic carbocycles. The highest BCUT2D eigenvalue weighted by Crippen LogP contribution is 2.47. The van der Waals surface area contributed by atoms with Crippen molar-refractivity contribution in [2.45, 2.75) is 45.1 Å². The minimum absolute atomic E-state index is 0.00132. The molecule has 1 spiro atoms. The van der Waals surface area contributed by atoms with Crippen LogP contribution in [-0.4, -0.2) is 25.3 Å². The van der Waals surface area contributed by atoms with Crippen LogP contribution < -0.4 is 4.90 Å². The molecule has 1 aromatic rings. The summed E-state index contributed by atoms with van der Waals surface area (Å²) in [6.45, 7) is 10.9. The highest BCUT2D eigenvalue weighted by Gasteiger charge is 2.46. The van der Waals surface area contributed by atoms with Gasteiger partial charge in [0.25, 0.3) is 0 Å². The van der Waals surface area contributed by atoms with Crippen molar-refractivity contribution in [3.63, 3.8) is 0 Å². The second-order valence-corrected chi connectivity index (χ2v) is 7.21. The Bertz CT molecular complexity index is 518. The first kappa shape index (κ1) is 14.8. The maximum atomic E-state index is 14.2. The Hall–Kier alpha value is -1.09. The van der Waals surface area contributed by atoms with Crippen molar-refractivity contribution in [3.05, 3.63) is 36.5 Å². The monoisotopic (exact) mass is 290 g/mol. The molecule has 2 heterocycles. The van der Waals surface area contributed by atoms with E-state index in [1.165, 1.54) is 0 Å². The minimum Gasteiger partial charge on any atom is -0.375 e. The summed E-state index contributed by atoms with van der Waals surface area (Å²) in [5, 5.41) is 0. The number of anilines is 1. The molecule has 0 N–H and O–H groups in total. The number of hydrogen-bond donors (Lipinski definition) is 0. The van der Waals surface area contributed by atoms with Crippen LogP contribution in [0, 0.1) is 18.2 Å². The summed E-state index contributed by atoms with van der Waals surface area (Å²) in [7, 11) is 0. The smallest absolute Gasteiger partial charge is 0.146 e. The highest BCUT2D eigenvalue weighted by molar-refractivity contribution is 5.55. The number of para-hydroxylation sites is 1. The fraction of sp³-hybridized carbons (Fsp3) is 0.611. The van der Waals surface area contributed by atoms with Crippen LogP contribution in [0.4, 0.5) is 10.1 Å². The van der Waals surface area contributed by atoms with Gasteiger partial charge in [0, 0.05) is 13.1 Å². The third-order valence-electron chi connectivity index (χ3n) is 5.05.